The van der Waals surface area contributed by atoms with Gasteiger partial charge in [-0.2, -0.15) is 5.10 Å². The Bertz CT molecular complexity index is 433. The van der Waals surface area contributed by atoms with Gasteiger partial charge < -0.3 is 10.1 Å². The molecule has 0 radical (unpaired) electrons. The molecular formula is C12H18BrN3O2. The van der Waals surface area contributed by atoms with Crippen molar-refractivity contribution in [2.45, 2.75) is 51.3 Å². The van der Waals surface area contributed by atoms with Crippen molar-refractivity contribution in [1.29, 1.82) is 0 Å². The van der Waals surface area contributed by atoms with E-state index < -0.39 is 5.60 Å². The Labute approximate surface area is 115 Å². The third-order valence-corrected chi connectivity index (χ3v) is 3.19. The number of hydrogen-bond donors (Lipinski definition) is 1. The van der Waals surface area contributed by atoms with Crippen molar-refractivity contribution in [2.24, 2.45) is 0 Å². The first kappa shape index (κ1) is 13.4. The first-order valence-corrected chi connectivity index (χ1v) is 6.82. The topological polar surface area (TPSA) is 56.1 Å². The van der Waals surface area contributed by atoms with Gasteiger partial charge in [0, 0.05) is 12.2 Å². The van der Waals surface area contributed by atoms with Crippen LogP contribution in [0.3, 0.4) is 0 Å². The van der Waals surface area contributed by atoms with E-state index >= 15 is 0 Å². The minimum atomic E-state index is -0.444. The number of rotatable bonds is 2. The summed E-state index contributed by atoms with van der Waals surface area (Å²) in [6, 6.07) is 0.559. The number of hydrogen-bond acceptors (Lipinski definition) is 3. The molecule has 18 heavy (non-hydrogen) atoms. The van der Waals surface area contributed by atoms with Crippen LogP contribution >= 0.6 is 15.9 Å². The molecule has 1 aliphatic carbocycles. The first-order valence-electron chi connectivity index (χ1n) is 6.02. The van der Waals surface area contributed by atoms with Crippen LogP contribution in [-0.4, -0.2) is 27.5 Å². The van der Waals surface area contributed by atoms with Gasteiger partial charge in [0.1, 0.15) is 5.60 Å². The van der Waals surface area contributed by atoms with E-state index in [1.165, 1.54) is 0 Å². The lowest BCUT2D eigenvalue weighted by Crippen LogP contribution is -2.46. The number of ether oxygens (including phenoxy) is 1. The minimum absolute atomic E-state index is 0.188. The predicted octanol–water partition coefficient (Wildman–Crippen LogP) is 2.87. The summed E-state index contributed by atoms with van der Waals surface area (Å²) in [7, 11) is 0. The molecule has 1 aromatic rings. The van der Waals surface area contributed by atoms with E-state index in [4.69, 9.17) is 4.74 Å². The van der Waals surface area contributed by atoms with Crippen LogP contribution in [0, 0.1) is 0 Å². The van der Waals surface area contributed by atoms with E-state index in [9.17, 15) is 4.79 Å². The number of nitrogens with one attached hydrogen (secondary N) is 1. The van der Waals surface area contributed by atoms with E-state index in [-0.39, 0.29) is 12.1 Å². The Morgan fingerprint density at radius 3 is 2.72 bits per heavy atom. The Morgan fingerprint density at radius 1 is 1.56 bits per heavy atom. The second-order valence-electron chi connectivity index (χ2n) is 5.61. The third kappa shape index (κ3) is 3.48. The maximum Gasteiger partial charge on any atom is 0.407 e. The molecule has 0 saturated heterocycles. The molecule has 1 amide bonds. The van der Waals surface area contributed by atoms with E-state index in [1.54, 1.807) is 6.20 Å². The second kappa shape index (κ2) is 4.91. The number of carbonyl (C=O) groups excluding carboxylic acids is 1. The normalized spacial score (nSPS) is 23.3. The van der Waals surface area contributed by atoms with Gasteiger partial charge in [0.25, 0.3) is 0 Å². The third-order valence-electron chi connectivity index (χ3n) is 2.78. The molecule has 1 N–H and O–H groups in total. The molecule has 6 heteroatoms. The van der Waals surface area contributed by atoms with Crippen molar-refractivity contribution in [3.63, 3.8) is 0 Å². The van der Waals surface area contributed by atoms with E-state index in [0.717, 1.165) is 17.3 Å². The van der Waals surface area contributed by atoms with Gasteiger partial charge in [-0.25, -0.2) is 4.79 Å². The van der Waals surface area contributed by atoms with Crippen LogP contribution < -0.4 is 5.32 Å². The van der Waals surface area contributed by atoms with Crippen LogP contribution in [0.5, 0.6) is 0 Å². The summed E-state index contributed by atoms with van der Waals surface area (Å²) < 4.78 is 8.11. The quantitative estimate of drug-likeness (QED) is 0.913. The molecule has 0 unspecified atom stereocenters. The van der Waals surface area contributed by atoms with E-state index in [2.05, 4.69) is 26.3 Å². The summed E-state index contributed by atoms with van der Waals surface area (Å²) >= 11 is 3.37. The highest BCUT2D eigenvalue weighted by molar-refractivity contribution is 9.10. The summed E-state index contributed by atoms with van der Waals surface area (Å²) in [5.41, 5.74) is -0.444. The van der Waals surface area contributed by atoms with Gasteiger partial charge in [0.2, 0.25) is 0 Å². The van der Waals surface area contributed by atoms with Crippen LogP contribution in [0.4, 0.5) is 4.79 Å². The lowest BCUT2D eigenvalue weighted by molar-refractivity contribution is 0.0452. The second-order valence-corrected chi connectivity index (χ2v) is 6.52. The number of alkyl carbamates (subject to hydrolysis) is 1. The SMILES string of the molecule is CC(C)(C)OC(=O)NC1CC(n2cc(Br)cn2)C1. The molecule has 0 aliphatic heterocycles. The highest BCUT2D eigenvalue weighted by Gasteiger charge is 2.33. The monoisotopic (exact) mass is 315 g/mol. The van der Waals surface area contributed by atoms with Crippen molar-refractivity contribution in [3.05, 3.63) is 16.9 Å². The van der Waals surface area contributed by atoms with Crippen molar-refractivity contribution < 1.29 is 9.53 Å². The molecule has 1 fully saturated rings. The number of aromatic nitrogens is 2. The van der Waals surface area contributed by atoms with Gasteiger partial charge in [-0.3, -0.25) is 4.68 Å². The maximum absolute atomic E-state index is 11.5. The van der Waals surface area contributed by atoms with Crippen LogP contribution in [0.15, 0.2) is 16.9 Å². The number of nitrogens with zero attached hydrogens (tertiary/aromatic N) is 2. The molecule has 0 aromatic carbocycles. The standard InChI is InChI=1S/C12H18BrN3O2/c1-12(2,3)18-11(17)15-9-4-10(5-9)16-7-8(13)6-14-16/h6-7,9-10H,4-5H2,1-3H3,(H,15,17). The van der Waals surface area contributed by atoms with Crippen LogP contribution in [0.2, 0.25) is 0 Å². The number of amides is 1. The molecule has 0 bridgehead atoms. The molecule has 2 rings (SSSR count). The lowest BCUT2D eigenvalue weighted by atomic mass is 9.87. The largest absolute Gasteiger partial charge is 0.444 e. The van der Waals surface area contributed by atoms with Gasteiger partial charge >= 0.3 is 6.09 Å². The molecule has 1 saturated carbocycles. The van der Waals surface area contributed by atoms with Gasteiger partial charge in [0.05, 0.1) is 16.7 Å². The van der Waals surface area contributed by atoms with Crippen LogP contribution in [0.25, 0.3) is 0 Å². The molecule has 5 nitrogen and oxygen atoms in total. The fourth-order valence-electron chi connectivity index (χ4n) is 1.91. The molecule has 1 heterocycles. The van der Waals surface area contributed by atoms with Gasteiger partial charge in [-0.1, -0.05) is 0 Å². The highest BCUT2D eigenvalue weighted by atomic mass is 79.9. The number of halogens is 1. The predicted molar refractivity (Wildman–Crippen MR) is 71.4 cm³/mol. The Morgan fingerprint density at radius 2 is 2.22 bits per heavy atom. The van der Waals surface area contributed by atoms with E-state index in [1.807, 2.05) is 31.6 Å². The summed E-state index contributed by atoms with van der Waals surface area (Å²) in [6.45, 7) is 5.58. The van der Waals surface area contributed by atoms with Crippen molar-refractivity contribution in [3.8, 4) is 0 Å². The average molecular weight is 316 g/mol. The average Bonchev–Trinajstić information content (AvgIpc) is 2.54. The molecule has 100 valence electrons. The smallest absolute Gasteiger partial charge is 0.407 e. The fourth-order valence-corrected chi connectivity index (χ4v) is 2.21. The highest BCUT2D eigenvalue weighted by Crippen LogP contribution is 2.32. The zero-order chi connectivity index (χ0) is 13.3. The number of carbonyl (C=O) groups is 1. The van der Waals surface area contributed by atoms with Crippen molar-refractivity contribution in [2.75, 3.05) is 0 Å². The lowest BCUT2D eigenvalue weighted by Gasteiger charge is -2.36. The molecule has 0 atom stereocenters. The Hall–Kier alpha value is -1.04. The van der Waals surface area contributed by atoms with Crippen LogP contribution in [0.1, 0.15) is 39.7 Å². The summed E-state index contributed by atoms with van der Waals surface area (Å²) in [6.07, 6.45) is 5.18. The van der Waals surface area contributed by atoms with Gasteiger partial charge in [-0.15, -0.1) is 0 Å². The summed E-state index contributed by atoms with van der Waals surface area (Å²) in [5, 5.41) is 7.10. The minimum Gasteiger partial charge on any atom is -0.444 e. The van der Waals surface area contributed by atoms with Crippen molar-refractivity contribution in [1.82, 2.24) is 15.1 Å². The summed E-state index contributed by atoms with van der Waals surface area (Å²) in [4.78, 5) is 11.5. The van der Waals surface area contributed by atoms with Gasteiger partial charge in [-0.05, 0) is 49.5 Å². The zero-order valence-corrected chi connectivity index (χ0v) is 12.4. The Balaban J connectivity index is 1.75. The zero-order valence-electron chi connectivity index (χ0n) is 10.8. The molecular weight excluding hydrogens is 298 g/mol. The molecule has 0 spiro atoms. The van der Waals surface area contributed by atoms with Crippen LogP contribution in [-0.2, 0) is 4.74 Å². The maximum atomic E-state index is 11.5. The molecule has 1 aliphatic rings. The van der Waals surface area contributed by atoms with E-state index in [0.29, 0.717) is 6.04 Å². The first-order chi connectivity index (χ1) is 8.33. The van der Waals surface area contributed by atoms with Crippen molar-refractivity contribution >= 4 is 22.0 Å². The fraction of sp³-hybridized carbons (Fsp3) is 0.667. The molecule has 1 aromatic heterocycles. The summed E-state index contributed by atoms with van der Waals surface area (Å²) in [5.74, 6) is 0. The Kier molecular flexibility index (Phi) is 3.66. The van der Waals surface area contributed by atoms with Gasteiger partial charge in [0.15, 0.2) is 0 Å².